The molecule has 0 aliphatic rings. The molecule has 1 nitrogen and oxygen atoms in total. The van der Waals surface area contributed by atoms with E-state index in [4.69, 9.17) is 0 Å². The molecule has 0 bridgehead atoms. The van der Waals surface area contributed by atoms with Gasteiger partial charge >= 0.3 is 0 Å². The van der Waals surface area contributed by atoms with Crippen LogP contribution in [-0.2, 0) is 6.54 Å². The molecule has 0 amide bonds. The van der Waals surface area contributed by atoms with Crippen LogP contribution in [-0.4, -0.2) is 0 Å². The van der Waals surface area contributed by atoms with Gasteiger partial charge in [0.2, 0.25) is 0 Å². The maximum Gasteiger partial charge on any atom is 0.0415 e. The van der Waals surface area contributed by atoms with Crippen LogP contribution in [0.4, 0.5) is 0 Å². The molecule has 0 aromatic carbocycles. The normalized spacial score (nSPS) is 12.9. The Morgan fingerprint density at radius 3 is 2.69 bits per heavy atom. The number of nitrogens with one attached hydrogen (secondary N) is 1. The first-order valence-electron chi connectivity index (χ1n) is 5.61. The Morgan fingerprint density at radius 2 is 2.12 bits per heavy atom. The SMILES string of the molecule is CCC(NCc1sccc1C)c1cccs1. The summed E-state index contributed by atoms with van der Waals surface area (Å²) in [5, 5.41) is 7.95. The Balaban J connectivity index is 1.96. The zero-order valence-corrected chi connectivity index (χ0v) is 11.3. The van der Waals surface area contributed by atoms with Gasteiger partial charge in [0.05, 0.1) is 0 Å². The van der Waals surface area contributed by atoms with E-state index in [2.05, 4.69) is 48.1 Å². The Kier molecular flexibility index (Phi) is 4.16. The third-order valence-electron chi connectivity index (χ3n) is 2.77. The molecule has 0 aliphatic heterocycles. The second-order valence-corrected chi connectivity index (χ2v) is 5.86. The zero-order valence-electron chi connectivity index (χ0n) is 9.69. The van der Waals surface area contributed by atoms with Crippen LogP contribution in [0.2, 0.25) is 0 Å². The maximum absolute atomic E-state index is 3.64. The maximum atomic E-state index is 3.64. The van der Waals surface area contributed by atoms with Gasteiger partial charge in [-0.15, -0.1) is 22.7 Å². The lowest BCUT2D eigenvalue weighted by atomic mass is 10.2. The second kappa shape index (κ2) is 5.62. The summed E-state index contributed by atoms with van der Waals surface area (Å²) in [6.45, 7) is 5.40. The van der Waals surface area contributed by atoms with Crippen LogP contribution >= 0.6 is 22.7 Å². The summed E-state index contributed by atoms with van der Waals surface area (Å²) in [6.07, 6.45) is 1.14. The second-order valence-electron chi connectivity index (χ2n) is 3.88. The molecule has 0 aliphatic carbocycles. The van der Waals surface area contributed by atoms with E-state index in [1.54, 1.807) is 0 Å². The summed E-state index contributed by atoms with van der Waals surface area (Å²) in [5.41, 5.74) is 1.40. The summed E-state index contributed by atoms with van der Waals surface area (Å²) < 4.78 is 0. The summed E-state index contributed by atoms with van der Waals surface area (Å²) in [4.78, 5) is 2.90. The first-order valence-corrected chi connectivity index (χ1v) is 7.37. The van der Waals surface area contributed by atoms with Crippen molar-refractivity contribution in [2.24, 2.45) is 0 Å². The third-order valence-corrected chi connectivity index (χ3v) is 4.78. The Bertz CT molecular complexity index is 417. The average molecular weight is 251 g/mol. The van der Waals surface area contributed by atoms with Crippen molar-refractivity contribution in [2.75, 3.05) is 0 Å². The Hall–Kier alpha value is -0.640. The zero-order chi connectivity index (χ0) is 11.4. The van der Waals surface area contributed by atoms with Crippen LogP contribution in [0.5, 0.6) is 0 Å². The van der Waals surface area contributed by atoms with Crippen molar-refractivity contribution in [2.45, 2.75) is 32.9 Å². The summed E-state index contributed by atoms with van der Waals surface area (Å²) in [5.74, 6) is 0. The predicted octanol–water partition coefficient (Wildman–Crippen LogP) is 4.36. The Morgan fingerprint density at radius 1 is 1.25 bits per heavy atom. The fraction of sp³-hybridized carbons (Fsp3) is 0.385. The molecule has 1 unspecified atom stereocenters. The van der Waals surface area contributed by atoms with Crippen molar-refractivity contribution in [1.82, 2.24) is 5.32 Å². The molecule has 0 fully saturated rings. The molecule has 0 spiro atoms. The molecule has 86 valence electrons. The van der Waals surface area contributed by atoms with Gasteiger partial charge in [0.15, 0.2) is 0 Å². The molecule has 0 saturated heterocycles. The van der Waals surface area contributed by atoms with Crippen LogP contribution in [0.3, 0.4) is 0 Å². The molecule has 0 saturated carbocycles. The summed E-state index contributed by atoms with van der Waals surface area (Å²) >= 11 is 3.68. The van der Waals surface area contributed by atoms with Gasteiger partial charge in [-0.2, -0.15) is 0 Å². The highest BCUT2D eigenvalue weighted by Gasteiger charge is 2.10. The highest BCUT2D eigenvalue weighted by Crippen LogP contribution is 2.23. The van der Waals surface area contributed by atoms with Gasteiger partial charge in [-0.3, -0.25) is 0 Å². The minimum Gasteiger partial charge on any atom is -0.304 e. The summed E-state index contributed by atoms with van der Waals surface area (Å²) in [7, 11) is 0. The van der Waals surface area contributed by atoms with E-state index in [-0.39, 0.29) is 0 Å². The molecule has 0 radical (unpaired) electrons. The third kappa shape index (κ3) is 2.73. The number of rotatable bonds is 5. The molecule has 1 atom stereocenters. The smallest absolute Gasteiger partial charge is 0.0415 e. The van der Waals surface area contributed by atoms with Crippen molar-refractivity contribution in [3.8, 4) is 0 Å². The molecule has 2 rings (SSSR count). The van der Waals surface area contributed by atoms with E-state index in [0.29, 0.717) is 6.04 Å². The van der Waals surface area contributed by atoms with Crippen LogP contribution in [0.15, 0.2) is 29.0 Å². The fourth-order valence-electron chi connectivity index (χ4n) is 1.74. The van der Waals surface area contributed by atoms with Crippen LogP contribution in [0.25, 0.3) is 0 Å². The van der Waals surface area contributed by atoms with E-state index in [0.717, 1.165) is 13.0 Å². The molecular weight excluding hydrogens is 234 g/mol. The number of aryl methyl sites for hydroxylation is 1. The van der Waals surface area contributed by atoms with Crippen LogP contribution in [0, 0.1) is 6.92 Å². The lowest BCUT2D eigenvalue weighted by Gasteiger charge is -2.15. The van der Waals surface area contributed by atoms with Crippen molar-refractivity contribution in [3.63, 3.8) is 0 Å². The van der Waals surface area contributed by atoms with Crippen molar-refractivity contribution < 1.29 is 0 Å². The van der Waals surface area contributed by atoms with E-state index < -0.39 is 0 Å². The van der Waals surface area contributed by atoms with E-state index >= 15 is 0 Å². The molecule has 16 heavy (non-hydrogen) atoms. The van der Waals surface area contributed by atoms with Gasteiger partial charge < -0.3 is 5.32 Å². The lowest BCUT2D eigenvalue weighted by Crippen LogP contribution is -2.19. The van der Waals surface area contributed by atoms with Crippen LogP contribution in [0.1, 0.15) is 34.7 Å². The van der Waals surface area contributed by atoms with Gasteiger partial charge in [0, 0.05) is 22.3 Å². The minimum absolute atomic E-state index is 0.501. The first-order chi connectivity index (χ1) is 7.81. The average Bonchev–Trinajstić information content (AvgIpc) is 2.92. The molecule has 2 aromatic rings. The number of hydrogen-bond acceptors (Lipinski definition) is 3. The van der Waals surface area contributed by atoms with E-state index in [1.807, 2.05) is 22.7 Å². The minimum atomic E-state index is 0.501. The van der Waals surface area contributed by atoms with Gasteiger partial charge in [-0.25, -0.2) is 0 Å². The van der Waals surface area contributed by atoms with Crippen molar-refractivity contribution in [1.29, 1.82) is 0 Å². The van der Waals surface area contributed by atoms with Gasteiger partial charge in [-0.05, 0) is 41.8 Å². The highest BCUT2D eigenvalue weighted by molar-refractivity contribution is 7.10. The first kappa shape index (κ1) is 11.8. The quantitative estimate of drug-likeness (QED) is 0.832. The number of hydrogen-bond donors (Lipinski definition) is 1. The molecule has 2 heterocycles. The van der Waals surface area contributed by atoms with Gasteiger partial charge in [0.25, 0.3) is 0 Å². The summed E-state index contributed by atoms with van der Waals surface area (Å²) in [6, 6.07) is 7.03. The highest BCUT2D eigenvalue weighted by atomic mass is 32.1. The van der Waals surface area contributed by atoms with Gasteiger partial charge in [0.1, 0.15) is 0 Å². The van der Waals surface area contributed by atoms with Gasteiger partial charge in [-0.1, -0.05) is 13.0 Å². The molecule has 1 N–H and O–H groups in total. The van der Waals surface area contributed by atoms with Crippen LogP contribution < -0.4 is 5.32 Å². The predicted molar refractivity (Wildman–Crippen MR) is 73.2 cm³/mol. The topological polar surface area (TPSA) is 12.0 Å². The van der Waals surface area contributed by atoms with Crippen molar-refractivity contribution in [3.05, 3.63) is 44.3 Å². The lowest BCUT2D eigenvalue weighted by molar-refractivity contribution is 0.529. The number of thiophene rings is 2. The monoisotopic (exact) mass is 251 g/mol. The van der Waals surface area contributed by atoms with E-state index in [9.17, 15) is 0 Å². The van der Waals surface area contributed by atoms with E-state index in [1.165, 1.54) is 15.3 Å². The fourth-order valence-corrected chi connectivity index (χ4v) is 3.48. The molecule has 3 heteroatoms. The molecule has 2 aromatic heterocycles. The standard InChI is InChI=1S/C13H17NS2/c1-3-11(12-5-4-7-15-12)14-9-13-10(2)6-8-16-13/h4-8,11,14H,3,9H2,1-2H3. The largest absolute Gasteiger partial charge is 0.304 e. The molecular formula is C13H17NS2. The van der Waals surface area contributed by atoms with Crippen molar-refractivity contribution >= 4 is 22.7 Å². The Labute approximate surface area is 105 Å².